The quantitative estimate of drug-likeness (QED) is 0.282. The number of aliphatic hydroxyl groups excluding tert-OH is 2. The zero-order valence-corrected chi connectivity index (χ0v) is 18.0. The summed E-state index contributed by atoms with van der Waals surface area (Å²) in [6.07, 6.45) is 9.10. The van der Waals surface area contributed by atoms with Gasteiger partial charge in [-0.25, -0.2) is 4.79 Å². The molecule has 0 saturated heterocycles. The molecule has 2 N–H and O–H groups in total. The van der Waals surface area contributed by atoms with Crippen LogP contribution in [0.1, 0.15) is 56.1 Å². The number of esters is 1. The standard InChI is InChI=1S/C25H37FO4/c1-19(16-27)25(29)30-18-24(17-28)23-13-11-22(12-14-23)10-9-21-7-5-20(6-8-21)4-2-3-15-26/h5-8,22-24,27-28H,1-4,9-18H2. The van der Waals surface area contributed by atoms with E-state index in [9.17, 15) is 14.3 Å². The molecule has 1 aromatic carbocycles. The molecule has 168 valence electrons. The van der Waals surface area contributed by atoms with Gasteiger partial charge in [0.1, 0.15) is 0 Å². The van der Waals surface area contributed by atoms with Crippen molar-refractivity contribution in [3.05, 3.63) is 47.5 Å². The lowest BCUT2D eigenvalue weighted by Gasteiger charge is -2.33. The molecule has 30 heavy (non-hydrogen) atoms. The lowest BCUT2D eigenvalue weighted by atomic mass is 9.74. The van der Waals surface area contributed by atoms with Gasteiger partial charge >= 0.3 is 5.97 Å². The van der Waals surface area contributed by atoms with E-state index in [4.69, 9.17) is 9.84 Å². The maximum atomic E-state index is 12.2. The number of carbonyl (C=O) groups excluding carboxylic acids is 1. The molecule has 1 aliphatic rings. The van der Waals surface area contributed by atoms with Crippen molar-refractivity contribution in [2.45, 2.75) is 57.8 Å². The van der Waals surface area contributed by atoms with Crippen molar-refractivity contribution in [3.63, 3.8) is 0 Å². The molecule has 4 nitrogen and oxygen atoms in total. The maximum Gasteiger partial charge on any atom is 0.335 e. The molecule has 1 fully saturated rings. The summed E-state index contributed by atoms with van der Waals surface area (Å²) in [5.74, 6) is 0.427. The van der Waals surface area contributed by atoms with Gasteiger partial charge in [-0.1, -0.05) is 43.7 Å². The second kappa shape index (κ2) is 13.6. The molecule has 0 aliphatic heterocycles. The summed E-state index contributed by atoms with van der Waals surface area (Å²) in [4.78, 5) is 11.7. The molecule has 1 unspecified atom stereocenters. The minimum atomic E-state index is -0.585. The van der Waals surface area contributed by atoms with E-state index < -0.39 is 12.6 Å². The van der Waals surface area contributed by atoms with Crippen molar-refractivity contribution < 1.29 is 24.1 Å². The number of rotatable bonds is 13. The average Bonchev–Trinajstić information content (AvgIpc) is 2.79. The van der Waals surface area contributed by atoms with Crippen LogP contribution in [0.5, 0.6) is 0 Å². The number of carbonyl (C=O) groups is 1. The van der Waals surface area contributed by atoms with Gasteiger partial charge in [-0.15, -0.1) is 0 Å². The summed E-state index contributed by atoms with van der Waals surface area (Å²) in [6.45, 7) is 3.01. The molecular weight excluding hydrogens is 383 g/mol. The Hall–Kier alpha value is -1.72. The van der Waals surface area contributed by atoms with Crippen LogP contribution in [-0.4, -0.2) is 42.7 Å². The fourth-order valence-electron chi connectivity index (χ4n) is 4.30. The van der Waals surface area contributed by atoms with E-state index in [1.807, 2.05) is 0 Å². The number of aliphatic hydroxyl groups is 2. The van der Waals surface area contributed by atoms with Gasteiger partial charge < -0.3 is 14.9 Å². The van der Waals surface area contributed by atoms with Crippen molar-refractivity contribution in [2.24, 2.45) is 17.8 Å². The van der Waals surface area contributed by atoms with Gasteiger partial charge in [-0.2, -0.15) is 0 Å². The number of hydrogen-bond donors (Lipinski definition) is 2. The molecule has 1 saturated carbocycles. The molecule has 1 aromatic rings. The predicted molar refractivity (Wildman–Crippen MR) is 117 cm³/mol. The molecule has 1 aliphatic carbocycles. The highest BCUT2D eigenvalue weighted by Crippen LogP contribution is 2.35. The van der Waals surface area contributed by atoms with E-state index in [1.54, 1.807) is 0 Å². The molecule has 5 heteroatoms. The first-order valence-corrected chi connectivity index (χ1v) is 11.3. The highest BCUT2D eigenvalue weighted by Gasteiger charge is 2.28. The van der Waals surface area contributed by atoms with Gasteiger partial charge in [0.15, 0.2) is 0 Å². The maximum absolute atomic E-state index is 12.2. The van der Waals surface area contributed by atoms with Crippen LogP contribution >= 0.6 is 0 Å². The van der Waals surface area contributed by atoms with Crippen molar-refractivity contribution in [2.75, 3.05) is 26.5 Å². The highest BCUT2D eigenvalue weighted by molar-refractivity contribution is 5.87. The van der Waals surface area contributed by atoms with E-state index in [0.717, 1.165) is 44.9 Å². The van der Waals surface area contributed by atoms with Crippen molar-refractivity contribution in [3.8, 4) is 0 Å². The lowest BCUT2D eigenvalue weighted by Crippen LogP contribution is -2.29. The summed E-state index contributed by atoms with van der Waals surface area (Å²) in [5, 5.41) is 18.6. The van der Waals surface area contributed by atoms with E-state index in [0.29, 0.717) is 18.3 Å². The average molecular weight is 421 g/mol. The topological polar surface area (TPSA) is 66.8 Å². The van der Waals surface area contributed by atoms with E-state index in [1.165, 1.54) is 17.5 Å². The minimum Gasteiger partial charge on any atom is -0.462 e. The Labute approximate surface area is 180 Å². The molecule has 0 heterocycles. The number of hydrogen-bond acceptors (Lipinski definition) is 4. The third-order valence-corrected chi connectivity index (χ3v) is 6.41. The molecular formula is C25H37FO4. The van der Waals surface area contributed by atoms with E-state index in [-0.39, 0.29) is 31.4 Å². The largest absolute Gasteiger partial charge is 0.462 e. The lowest BCUT2D eigenvalue weighted by molar-refractivity contribution is -0.142. The highest BCUT2D eigenvalue weighted by atomic mass is 19.1. The molecule has 0 aromatic heterocycles. The Bertz CT molecular complexity index is 635. The zero-order chi connectivity index (χ0) is 21.8. The van der Waals surface area contributed by atoms with Crippen LogP contribution in [0.3, 0.4) is 0 Å². The minimum absolute atomic E-state index is 0.00585. The summed E-state index contributed by atoms with van der Waals surface area (Å²) < 4.78 is 17.4. The second-order valence-electron chi connectivity index (χ2n) is 8.58. The Morgan fingerprint density at radius 1 is 1.07 bits per heavy atom. The first kappa shape index (κ1) is 24.5. The van der Waals surface area contributed by atoms with Gasteiger partial charge in [0.2, 0.25) is 0 Å². The smallest absolute Gasteiger partial charge is 0.335 e. The van der Waals surface area contributed by atoms with E-state index >= 15 is 0 Å². The summed E-state index contributed by atoms with van der Waals surface area (Å²) in [6, 6.07) is 8.74. The Morgan fingerprint density at radius 3 is 2.27 bits per heavy atom. The van der Waals surface area contributed by atoms with Crippen LogP contribution in [0.25, 0.3) is 0 Å². The molecule has 0 spiro atoms. The van der Waals surface area contributed by atoms with Gasteiger partial charge in [0.05, 0.1) is 25.5 Å². The molecule has 0 bridgehead atoms. The molecule has 0 radical (unpaired) electrons. The van der Waals surface area contributed by atoms with Gasteiger partial charge in [0.25, 0.3) is 0 Å². The molecule has 0 amide bonds. The first-order valence-electron chi connectivity index (χ1n) is 11.3. The monoisotopic (exact) mass is 420 g/mol. The number of benzene rings is 1. The van der Waals surface area contributed by atoms with Crippen LogP contribution in [0.2, 0.25) is 0 Å². The summed E-state index contributed by atoms with van der Waals surface area (Å²) >= 11 is 0. The van der Waals surface area contributed by atoms with Gasteiger partial charge in [-0.05, 0) is 67.9 Å². The van der Waals surface area contributed by atoms with Crippen molar-refractivity contribution >= 4 is 5.97 Å². The fraction of sp³-hybridized carbons (Fsp3) is 0.640. The Kier molecular flexibility index (Phi) is 11.1. The number of aryl methyl sites for hydroxylation is 2. The third kappa shape index (κ3) is 8.19. The SMILES string of the molecule is C=C(CO)C(=O)OCC(CO)C1CCC(CCc2ccc(CCCCF)cc2)CC1. The Balaban J connectivity index is 1.69. The van der Waals surface area contributed by atoms with Crippen LogP contribution in [0.15, 0.2) is 36.4 Å². The number of halogens is 1. The molecule has 1 atom stereocenters. The third-order valence-electron chi connectivity index (χ3n) is 6.41. The normalized spacial score (nSPS) is 20.0. The van der Waals surface area contributed by atoms with Gasteiger partial charge in [0, 0.05) is 12.5 Å². The number of alkyl halides is 1. The van der Waals surface area contributed by atoms with Crippen LogP contribution in [0, 0.1) is 17.8 Å². The summed E-state index contributed by atoms with van der Waals surface area (Å²) in [7, 11) is 0. The fourth-order valence-corrected chi connectivity index (χ4v) is 4.30. The van der Waals surface area contributed by atoms with Crippen LogP contribution < -0.4 is 0 Å². The number of ether oxygens (including phenoxy) is 1. The summed E-state index contributed by atoms with van der Waals surface area (Å²) in [5.41, 5.74) is 2.69. The molecule has 2 rings (SSSR count). The van der Waals surface area contributed by atoms with Crippen molar-refractivity contribution in [1.29, 1.82) is 0 Å². The van der Waals surface area contributed by atoms with E-state index in [2.05, 4.69) is 30.8 Å². The second-order valence-corrected chi connectivity index (χ2v) is 8.58. The number of unbranched alkanes of at least 4 members (excludes halogenated alkanes) is 1. The van der Waals surface area contributed by atoms with Crippen LogP contribution in [-0.2, 0) is 22.4 Å². The van der Waals surface area contributed by atoms with Crippen LogP contribution in [0.4, 0.5) is 4.39 Å². The van der Waals surface area contributed by atoms with Crippen molar-refractivity contribution in [1.82, 2.24) is 0 Å². The zero-order valence-electron chi connectivity index (χ0n) is 18.0. The van der Waals surface area contributed by atoms with Gasteiger partial charge in [-0.3, -0.25) is 4.39 Å². The predicted octanol–water partition coefficient (Wildman–Crippen LogP) is 4.42. The Morgan fingerprint density at radius 2 is 1.70 bits per heavy atom. The first-order chi connectivity index (χ1) is 14.6.